The monoisotopic (exact) mass is 353 g/mol. The molecule has 1 unspecified atom stereocenters. The zero-order valence-electron chi connectivity index (χ0n) is 9.38. The minimum absolute atomic E-state index is 0.0131. The van der Waals surface area contributed by atoms with Gasteiger partial charge >= 0.3 is 5.97 Å². The Morgan fingerprint density at radius 2 is 2.17 bits per heavy atom. The number of amides is 1. The first kappa shape index (κ1) is 15.3. The van der Waals surface area contributed by atoms with E-state index in [1.54, 1.807) is 12.1 Å². The first-order valence-electron chi connectivity index (χ1n) is 4.91. The van der Waals surface area contributed by atoms with Crippen molar-refractivity contribution in [3.63, 3.8) is 0 Å². The summed E-state index contributed by atoms with van der Waals surface area (Å²) < 4.78 is 5.13. The first-order valence-corrected chi connectivity index (χ1v) is 6.51. The highest BCUT2D eigenvalue weighted by atomic mass is 79.9. The number of carbonyl (C=O) groups is 2. The van der Waals surface area contributed by atoms with E-state index in [0.717, 1.165) is 0 Å². The van der Waals surface area contributed by atoms with Crippen molar-refractivity contribution in [2.45, 2.75) is 5.38 Å². The van der Waals surface area contributed by atoms with Crippen molar-refractivity contribution in [2.24, 2.45) is 0 Å². The molecule has 0 spiro atoms. The van der Waals surface area contributed by atoms with Crippen molar-refractivity contribution in [3.05, 3.63) is 33.3 Å². The van der Waals surface area contributed by atoms with Crippen LogP contribution in [0.25, 0.3) is 0 Å². The van der Waals surface area contributed by atoms with Crippen LogP contribution in [0.15, 0.2) is 22.7 Å². The molecular weight excluding hydrogens is 345 g/mol. The van der Waals surface area contributed by atoms with Crippen LogP contribution in [-0.4, -0.2) is 30.9 Å². The van der Waals surface area contributed by atoms with Gasteiger partial charge in [-0.25, -0.2) is 0 Å². The third-order valence-electron chi connectivity index (χ3n) is 2.08. The fourth-order valence-corrected chi connectivity index (χ4v) is 1.73. The highest BCUT2D eigenvalue weighted by Gasteiger charge is 2.17. The number of alkyl halides is 1. The number of nitrogens with one attached hydrogen (secondary N) is 1. The summed E-state index contributed by atoms with van der Waals surface area (Å²) in [4.78, 5) is 22.8. The molecule has 18 heavy (non-hydrogen) atoms. The number of ether oxygens (including phenoxy) is 1. The normalized spacial score (nSPS) is 11.8. The molecule has 1 rings (SSSR count). The lowest BCUT2D eigenvalue weighted by atomic mass is 10.2. The summed E-state index contributed by atoms with van der Waals surface area (Å²) in [6.45, 7) is -0.0131. The number of benzene rings is 1. The Bertz CT molecular complexity index is 468. The van der Waals surface area contributed by atoms with E-state index in [9.17, 15) is 9.59 Å². The van der Waals surface area contributed by atoms with E-state index < -0.39 is 11.3 Å². The molecule has 0 aromatic heterocycles. The average Bonchev–Trinajstić information content (AvgIpc) is 2.37. The lowest BCUT2D eigenvalue weighted by molar-refractivity contribution is -0.140. The van der Waals surface area contributed by atoms with Crippen molar-refractivity contribution in [1.82, 2.24) is 5.32 Å². The predicted molar refractivity (Wildman–Crippen MR) is 73.1 cm³/mol. The number of methoxy groups -OCH3 is 1. The number of hydrogen-bond acceptors (Lipinski definition) is 3. The number of esters is 1. The molecule has 0 aliphatic carbocycles. The quantitative estimate of drug-likeness (QED) is 0.668. The maximum absolute atomic E-state index is 11.7. The smallest absolute Gasteiger partial charge is 0.325 e. The van der Waals surface area contributed by atoms with Gasteiger partial charge in [-0.15, -0.1) is 11.6 Å². The van der Waals surface area contributed by atoms with Gasteiger partial charge in [0, 0.05) is 16.6 Å². The molecule has 1 N–H and O–H groups in total. The van der Waals surface area contributed by atoms with Crippen LogP contribution in [-0.2, 0) is 9.53 Å². The van der Waals surface area contributed by atoms with E-state index in [1.807, 2.05) is 0 Å². The van der Waals surface area contributed by atoms with Crippen molar-refractivity contribution in [1.29, 1.82) is 0 Å². The van der Waals surface area contributed by atoms with Crippen LogP contribution in [0.5, 0.6) is 0 Å². The van der Waals surface area contributed by atoms with Gasteiger partial charge in [-0.2, -0.15) is 0 Å². The minimum Gasteiger partial charge on any atom is -0.468 e. The number of rotatable bonds is 4. The number of hydrogen-bond donors (Lipinski definition) is 1. The zero-order chi connectivity index (χ0) is 13.7. The van der Waals surface area contributed by atoms with E-state index in [0.29, 0.717) is 15.1 Å². The predicted octanol–water partition coefficient (Wildman–Crippen LogP) is 2.61. The van der Waals surface area contributed by atoms with Gasteiger partial charge in [0.05, 0.1) is 12.1 Å². The molecule has 0 aliphatic heterocycles. The van der Waals surface area contributed by atoms with Gasteiger partial charge in [0.2, 0.25) is 0 Å². The molecule has 1 amide bonds. The molecule has 0 saturated heterocycles. The summed E-state index contributed by atoms with van der Waals surface area (Å²) in [6.07, 6.45) is 0. The van der Waals surface area contributed by atoms with E-state index in [-0.39, 0.29) is 12.5 Å². The van der Waals surface area contributed by atoms with Gasteiger partial charge in [-0.05, 0) is 34.1 Å². The van der Waals surface area contributed by atoms with Crippen molar-refractivity contribution in [2.75, 3.05) is 13.7 Å². The van der Waals surface area contributed by atoms with Crippen LogP contribution in [0.3, 0.4) is 0 Å². The van der Waals surface area contributed by atoms with Crippen LogP contribution in [0.2, 0.25) is 5.02 Å². The summed E-state index contributed by atoms with van der Waals surface area (Å²) in [6, 6.07) is 4.78. The molecule has 1 aromatic carbocycles. The maximum atomic E-state index is 11.7. The zero-order valence-corrected chi connectivity index (χ0v) is 12.5. The largest absolute Gasteiger partial charge is 0.468 e. The second kappa shape index (κ2) is 6.97. The van der Waals surface area contributed by atoms with Gasteiger partial charge in [0.1, 0.15) is 5.38 Å². The first-order chi connectivity index (χ1) is 8.45. The lowest BCUT2D eigenvalue weighted by Crippen LogP contribution is -2.34. The highest BCUT2D eigenvalue weighted by Crippen LogP contribution is 2.23. The Morgan fingerprint density at radius 3 is 2.72 bits per heavy atom. The van der Waals surface area contributed by atoms with E-state index in [2.05, 4.69) is 26.0 Å². The second-order valence-electron chi connectivity index (χ2n) is 3.33. The summed E-state index contributed by atoms with van der Waals surface area (Å²) in [5.41, 5.74) is 0.386. The minimum atomic E-state index is -0.912. The topological polar surface area (TPSA) is 55.4 Å². The van der Waals surface area contributed by atoms with Crippen molar-refractivity contribution >= 4 is 51.0 Å². The van der Waals surface area contributed by atoms with Crippen LogP contribution >= 0.6 is 39.1 Å². The fourth-order valence-electron chi connectivity index (χ4n) is 1.13. The van der Waals surface area contributed by atoms with E-state index >= 15 is 0 Å². The van der Waals surface area contributed by atoms with Crippen LogP contribution in [0.1, 0.15) is 10.4 Å². The third-order valence-corrected chi connectivity index (χ3v) is 3.65. The molecule has 1 aromatic rings. The molecule has 7 heteroatoms. The Morgan fingerprint density at radius 1 is 1.50 bits per heavy atom. The average molecular weight is 355 g/mol. The van der Waals surface area contributed by atoms with Crippen LogP contribution in [0, 0.1) is 0 Å². The van der Waals surface area contributed by atoms with E-state index in [4.69, 9.17) is 23.2 Å². The van der Waals surface area contributed by atoms with Gasteiger partial charge in [-0.3, -0.25) is 9.59 Å². The number of carbonyl (C=O) groups excluding carboxylic acids is 2. The molecule has 0 heterocycles. The molecule has 0 radical (unpaired) electrons. The summed E-state index contributed by atoms with van der Waals surface area (Å²) >= 11 is 14.8. The van der Waals surface area contributed by atoms with Gasteiger partial charge < -0.3 is 10.1 Å². The SMILES string of the molecule is COC(=O)C(Cl)CNC(=O)c1ccc(Br)c(Cl)c1. The van der Waals surface area contributed by atoms with Crippen molar-refractivity contribution in [3.8, 4) is 0 Å². The van der Waals surface area contributed by atoms with Crippen LogP contribution < -0.4 is 5.32 Å². The number of halogens is 3. The Balaban J connectivity index is 2.60. The van der Waals surface area contributed by atoms with Gasteiger partial charge in [0.15, 0.2) is 0 Å². The highest BCUT2D eigenvalue weighted by molar-refractivity contribution is 9.10. The maximum Gasteiger partial charge on any atom is 0.325 e. The molecule has 0 aliphatic rings. The van der Waals surface area contributed by atoms with Crippen molar-refractivity contribution < 1.29 is 14.3 Å². The molecular formula is C11H10BrCl2NO3. The molecule has 4 nitrogen and oxygen atoms in total. The fraction of sp³-hybridized carbons (Fsp3) is 0.273. The molecule has 1 atom stereocenters. The summed E-state index contributed by atoms with van der Waals surface area (Å²) in [5, 5.41) is 2.03. The Labute approximate surface area is 123 Å². The van der Waals surface area contributed by atoms with E-state index in [1.165, 1.54) is 13.2 Å². The molecule has 0 saturated carbocycles. The molecule has 98 valence electrons. The summed E-state index contributed by atoms with van der Waals surface area (Å²) in [5.74, 6) is -0.954. The third kappa shape index (κ3) is 4.15. The molecule has 0 fully saturated rings. The summed E-state index contributed by atoms with van der Waals surface area (Å²) in [7, 11) is 1.23. The second-order valence-corrected chi connectivity index (χ2v) is 5.12. The van der Waals surface area contributed by atoms with Crippen LogP contribution in [0.4, 0.5) is 0 Å². The standard InChI is InChI=1S/C11H10BrCl2NO3/c1-18-11(17)9(14)5-15-10(16)6-2-3-7(12)8(13)4-6/h2-4,9H,5H2,1H3,(H,15,16). The molecule has 0 bridgehead atoms. The Hall–Kier alpha value is -0.780. The lowest BCUT2D eigenvalue weighted by Gasteiger charge is -2.09. The Kier molecular flexibility index (Phi) is 5.91. The van der Waals surface area contributed by atoms with Gasteiger partial charge in [-0.1, -0.05) is 11.6 Å². The van der Waals surface area contributed by atoms with Gasteiger partial charge in [0.25, 0.3) is 5.91 Å².